The highest BCUT2D eigenvalue weighted by atomic mass is 32.1. The van der Waals surface area contributed by atoms with Gasteiger partial charge in [-0.2, -0.15) is 10.1 Å². The molecule has 9 heteroatoms. The average molecular weight is 265 g/mol. The fraction of sp³-hybridized carbons (Fsp3) is 0.857. The highest BCUT2D eigenvalue weighted by Crippen LogP contribution is 2.27. The molecule has 1 aromatic rings. The standard InChI is InChI=1S/C7H13N4O3PS/c1-2-14-6(15(12)13)4-3-5-11-7(16)8-9-10-11/h6H,2-5H2,1H3,(H-,8,10,12,13,16)/p+1. The van der Waals surface area contributed by atoms with Crippen molar-refractivity contribution in [2.45, 2.75) is 32.2 Å². The Balaban J connectivity index is 2.36. The summed E-state index contributed by atoms with van der Waals surface area (Å²) in [7, 11) is -2.30. The third kappa shape index (κ3) is 4.05. The predicted molar refractivity (Wildman–Crippen MR) is 59.7 cm³/mol. The van der Waals surface area contributed by atoms with Crippen LogP contribution in [0, 0.1) is 4.77 Å². The minimum Gasteiger partial charge on any atom is -0.333 e. The first-order valence-electron chi connectivity index (χ1n) is 4.90. The van der Waals surface area contributed by atoms with Gasteiger partial charge in [-0.1, -0.05) is 10.3 Å². The van der Waals surface area contributed by atoms with Crippen molar-refractivity contribution in [1.29, 1.82) is 0 Å². The van der Waals surface area contributed by atoms with E-state index in [1.807, 2.05) is 0 Å². The fourth-order valence-electron chi connectivity index (χ4n) is 1.24. The largest absolute Gasteiger partial charge is 0.537 e. The molecule has 2 N–H and O–H groups in total. The van der Waals surface area contributed by atoms with Crippen LogP contribution in [0.3, 0.4) is 0 Å². The van der Waals surface area contributed by atoms with Crippen LogP contribution in [0.5, 0.6) is 0 Å². The van der Waals surface area contributed by atoms with Crippen molar-refractivity contribution in [2.24, 2.45) is 0 Å². The van der Waals surface area contributed by atoms with Crippen molar-refractivity contribution < 1.29 is 14.2 Å². The van der Waals surface area contributed by atoms with Crippen molar-refractivity contribution >= 4 is 20.2 Å². The topological polar surface area (TPSA) is 93.0 Å². The van der Waals surface area contributed by atoms with E-state index >= 15 is 0 Å². The monoisotopic (exact) mass is 265 g/mol. The predicted octanol–water partition coefficient (Wildman–Crippen LogP) is 1.21. The summed E-state index contributed by atoms with van der Waals surface area (Å²) >= 11 is 4.89. The number of nitrogens with zero attached hydrogens (tertiary/aromatic N) is 3. The summed E-state index contributed by atoms with van der Waals surface area (Å²) in [5.41, 5.74) is 0. The third-order valence-electron chi connectivity index (χ3n) is 1.97. The van der Waals surface area contributed by atoms with Crippen LogP contribution in [0.1, 0.15) is 19.8 Å². The minimum atomic E-state index is -2.30. The van der Waals surface area contributed by atoms with E-state index < -0.39 is 13.9 Å². The molecule has 90 valence electrons. The molecule has 1 aromatic heterocycles. The molecule has 2 atom stereocenters. The van der Waals surface area contributed by atoms with Crippen molar-refractivity contribution in [1.82, 2.24) is 20.2 Å². The zero-order chi connectivity index (χ0) is 12.0. The van der Waals surface area contributed by atoms with Gasteiger partial charge in [0.05, 0.1) is 0 Å². The van der Waals surface area contributed by atoms with Crippen molar-refractivity contribution in [3.63, 3.8) is 0 Å². The van der Waals surface area contributed by atoms with Gasteiger partial charge in [-0.15, -0.1) is 0 Å². The smallest absolute Gasteiger partial charge is 0.333 e. The number of H-pyrrole nitrogens is 1. The number of aromatic amines is 1. The SMILES string of the molecule is CCOC(CCCn1[nH]nnc1=S)[P+](=O)O. The Bertz CT molecular complexity index is 393. The first-order valence-corrected chi connectivity index (χ1v) is 6.59. The van der Waals surface area contributed by atoms with E-state index in [1.165, 1.54) is 0 Å². The molecule has 16 heavy (non-hydrogen) atoms. The normalized spacial score (nSPS) is 13.8. The van der Waals surface area contributed by atoms with Crippen LogP contribution < -0.4 is 0 Å². The van der Waals surface area contributed by atoms with Gasteiger partial charge in [0.25, 0.3) is 5.85 Å². The number of aryl methyl sites for hydroxylation is 1. The summed E-state index contributed by atoms with van der Waals surface area (Å²) in [5, 5.41) is 9.77. The molecule has 0 amide bonds. The maximum atomic E-state index is 10.9. The van der Waals surface area contributed by atoms with Crippen LogP contribution in [0.25, 0.3) is 0 Å². The molecule has 0 saturated heterocycles. The highest BCUT2D eigenvalue weighted by molar-refractivity contribution is 7.71. The van der Waals surface area contributed by atoms with E-state index in [9.17, 15) is 4.57 Å². The van der Waals surface area contributed by atoms with Gasteiger partial charge < -0.3 is 4.74 Å². The second kappa shape index (κ2) is 6.80. The Morgan fingerprint density at radius 1 is 1.75 bits per heavy atom. The average Bonchev–Trinajstić information content (AvgIpc) is 2.63. The van der Waals surface area contributed by atoms with E-state index in [4.69, 9.17) is 21.8 Å². The van der Waals surface area contributed by atoms with Crippen LogP contribution in [0.4, 0.5) is 0 Å². The van der Waals surface area contributed by atoms with E-state index in [0.717, 1.165) is 0 Å². The summed E-state index contributed by atoms with van der Waals surface area (Å²) in [6.07, 6.45) is 1.17. The molecule has 0 aliphatic heterocycles. The Labute approximate surface area is 98.7 Å². The lowest BCUT2D eigenvalue weighted by atomic mass is 10.3. The molecule has 0 fully saturated rings. The third-order valence-corrected chi connectivity index (χ3v) is 3.17. The first kappa shape index (κ1) is 13.4. The molecule has 0 aliphatic carbocycles. The molecular weight excluding hydrogens is 251 g/mol. The molecule has 0 radical (unpaired) electrons. The summed E-state index contributed by atoms with van der Waals surface area (Å²) < 4.78 is 18.0. The molecule has 0 bridgehead atoms. The quantitative estimate of drug-likeness (QED) is 0.568. The molecule has 0 aliphatic rings. The number of tetrazole rings is 1. The van der Waals surface area contributed by atoms with Gasteiger partial charge >= 0.3 is 8.03 Å². The Hall–Kier alpha value is -0.690. The van der Waals surface area contributed by atoms with Gasteiger partial charge in [0.1, 0.15) is 0 Å². The lowest BCUT2D eigenvalue weighted by Gasteiger charge is -2.04. The van der Waals surface area contributed by atoms with Crippen molar-refractivity contribution in [3.8, 4) is 0 Å². The van der Waals surface area contributed by atoms with Gasteiger partial charge in [-0.3, -0.25) is 0 Å². The van der Waals surface area contributed by atoms with Crippen LogP contribution in [-0.4, -0.2) is 37.6 Å². The minimum absolute atomic E-state index is 0.376. The van der Waals surface area contributed by atoms with Gasteiger partial charge in [0.2, 0.25) is 4.77 Å². The molecule has 0 saturated carbocycles. The second-order valence-electron chi connectivity index (χ2n) is 3.09. The molecule has 2 unspecified atom stereocenters. The van der Waals surface area contributed by atoms with Gasteiger partial charge in [0, 0.05) is 19.6 Å². The molecule has 1 rings (SSSR count). The lowest BCUT2D eigenvalue weighted by molar-refractivity contribution is 0.103. The number of aromatic nitrogens is 4. The summed E-state index contributed by atoms with van der Waals surface area (Å²) in [5.74, 6) is -0.606. The Morgan fingerprint density at radius 3 is 3.00 bits per heavy atom. The summed E-state index contributed by atoms with van der Waals surface area (Å²) in [4.78, 5) is 8.98. The number of hydrogen-bond donors (Lipinski definition) is 2. The second-order valence-corrected chi connectivity index (χ2v) is 4.64. The van der Waals surface area contributed by atoms with Gasteiger partial charge in [0.15, 0.2) is 0 Å². The molecule has 0 spiro atoms. The summed E-state index contributed by atoms with van der Waals surface area (Å²) in [6.45, 7) is 2.80. The van der Waals surface area contributed by atoms with E-state index in [-0.39, 0.29) is 0 Å². The number of rotatable bonds is 7. The maximum absolute atomic E-state index is 10.9. The lowest BCUT2D eigenvalue weighted by Crippen LogP contribution is -2.10. The highest BCUT2D eigenvalue weighted by Gasteiger charge is 2.28. The van der Waals surface area contributed by atoms with Crippen molar-refractivity contribution in [2.75, 3.05) is 6.61 Å². The van der Waals surface area contributed by atoms with Crippen molar-refractivity contribution in [3.05, 3.63) is 4.77 Å². The van der Waals surface area contributed by atoms with E-state index in [0.29, 0.717) is 30.8 Å². The zero-order valence-electron chi connectivity index (χ0n) is 8.87. The molecular formula is C7H14N4O3PS+. The zero-order valence-corrected chi connectivity index (χ0v) is 10.6. The van der Waals surface area contributed by atoms with E-state index in [1.54, 1.807) is 11.6 Å². The van der Waals surface area contributed by atoms with Crippen LogP contribution in [0.15, 0.2) is 0 Å². The van der Waals surface area contributed by atoms with Crippen LogP contribution in [0.2, 0.25) is 0 Å². The van der Waals surface area contributed by atoms with Crippen LogP contribution >= 0.6 is 20.2 Å². The number of nitrogens with one attached hydrogen (secondary N) is 1. The Morgan fingerprint density at radius 2 is 2.50 bits per heavy atom. The molecule has 0 aromatic carbocycles. The number of ether oxygens (including phenoxy) is 1. The molecule has 1 heterocycles. The number of hydrogen-bond acceptors (Lipinski definition) is 5. The van der Waals surface area contributed by atoms with E-state index in [2.05, 4.69) is 15.5 Å². The Kier molecular flexibility index (Phi) is 5.68. The fourth-order valence-corrected chi connectivity index (χ4v) is 2.09. The maximum Gasteiger partial charge on any atom is 0.537 e. The van der Waals surface area contributed by atoms with Gasteiger partial charge in [-0.25, -0.2) is 4.68 Å². The summed E-state index contributed by atoms with van der Waals surface area (Å²) in [6, 6.07) is 0. The first-order chi connectivity index (χ1) is 7.65. The van der Waals surface area contributed by atoms with Crippen LogP contribution in [-0.2, 0) is 15.8 Å². The molecule has 7 nitrogen and oxygen atoms in total. The van der Waals surface area contributed by atoms with Gasteiger partial charge in [-0.05, 0) is 30.1 Å².